The first-order valence-corrected chi connectivity index (χ1v) is 7.11. The summed E-state index contributed by atoms with van der Waals surface area (Å²) in [5.41, 5.74) is 0.264. The quantitative estimate of drug-likeness (QED) is 0.747. The molecule has 0 spiro atoms. The number of hydrogen-bond acceptors (Lipinski definition) is 5. The van der Waals surface area contributed by atoms with Crippen LogP contribution in [0.1, 0.15) is 12.8 Å². The predicted molar refractivity (Wildman–Crippen MR) is 69.9 cm³/mol. The Kier molecular flexibility index (Phi) is 4.08. The van der Waals surface area contributed by atoms with Crippen LogP contribution in [0.4, 0.5) is 0 Å². The molecule has 2 rings (SSSR count). The number of nitrogens with zero attached hydrogens (tertiary/aromatic N) is 3. The van der Waals surface area contributed by atoms with Crippen molar-refractivity contribution in [1.82, 2.24) is 9.91 Å². The summed E-state index contributed by atoms with van der Waals surface area (Å²) in [6.07, 6.45) is 0.513. The van der Waals surface area contributed by atoms with Crippen LogP contribution >= 0.6 is 11.8 Å². The molecule has 2 aliphatic rings. The van der Waals surface area contributed by atoms with Gasteiger partial charge in [-0.1, -0.05) is 0 Å². The third kappa shape index (κ3) is 2.89. The first-order valence-electron chi connectivity index (χ1n) is 5.96. The van der Waals surface area contributed by atoms with Crippen molar-refractivity contribution < 1.29 is 19.5 Å². The third-order valence-electron chi connectivity index (χ3n) is 3.13. The van der Waals surface area contributed by atoms with Crippen LogP contribution in [0.5, 0.6) is 0 Å². The van der Waals surface area contributed by atoms with Crippen molar-refractivity contribution in [2.45, 2.75) is 18.9 Å². The van der Waals surface area contributed by atoms with Crippen molar-refractivity contribution in [1.29, 1.82) is 0 Å². The Labute approximate surface area is 114 Å². The summed E-state index contributed by atoms with van der Waals surface area (Å²) in [7, 11) is 1.50. The molecule has 19 heavy (non-hydrogen) atoms. The standard InChI is InChI=1S/C11H15N3O4S/c1-13-9(15)3-2-7(12-13)10(16)14-4-5-19-6-8(14)11(17)18/h8H,2-6H2,1H3,(H,17,18). The van der Waals surface area contributed by atoms with E-state index in [4.69, 9.17) is 5.11 Å². The van der Waals surface area contributed by atoms with Crippen LogP contribution in [0, 0.1) is 0 Å². The highest BCUT2D eigenvalue weighted by Gasteiger charge is 2.35. The molecule has 0 aromatic rings. The zero-order valence-electron chi connectivity index (χ0n) is 10.5. The van der Waals surface area contributed by atoms with E-state index < -0.39 is 12.0 Å². The van der Waals surface area contributed by atoms with Crippen LogP contribution in [0.3, 0.4) is 0 Å². The molecule has 1 atom stereocenters. The van der Waals surface area contributed by atoms with E-state index in [-0.39, 0.29) is 30.4 Å². The van der Waals surface area contributed by atoms with E-state index in [1.54, 1.807) is 0 Å². The van der Waals surface area contributed by atoms with Crippen LogP contribution in [0.15, 0.2) is 5.10 Å². The summed E-state index contributed by atoms with van der Waals surface area (Å²) in [6, 6.07) is -0.808. The fourth-order valence-electron chi connectivity index (χ4n) is 2.04. The van der Waals surface area contributed by atoms with E-state index in [1.807, 2.05) is 0 Å². The van der Waals surface area contributed by atoms with E-state index in [1.165, 1.54) is 23.7 Å². The van der Waals surface area contributed by atoms with Gasteiger partial charge in [0.05, 0.1) is 0 Å². The van der Waals surface area contributed by atoms with Crippen LogP contribution in [0.25, 0.3) is 0 Å². The van der Waals surface area contributed by atoms with Crippen molar-refractivity contribution >= 4 is 35.3 Å². The Morgan fingerprint density at radius 2 is 2.16 bits per heavy atom. The van der Waals surface area contributed by atoms with Gasteiger partial charge in [-0.3, -0.25) is 9.59 Å². The molecule has 0 saturated carbocycles. The van der Waals surface area contributed by atoms with Crippen LogP contribution in [-0.2, 0) is 14.4 Å². The minimum Gasteiger partial charge on any atom is -0.480 e. The van der Waals surface area contributed by atoms with E-state index in [0.29, 0.717) is 12.3 Å². The number of carbonyl (C=O) groups is 3. The van der Waals surface area contributed by atoms with Gasteiger partial charge in [-0.2, -0.15) is 16.9 Å². The molecular weight excluding hydrogens is 270 g/mol. The van der Waals surface area contributed by atoms with Crippen LogP contribution in [0.2, 0.25) is 0 Å². The second-order valence-corrected chi connectivity index (χ2v) is 5.54. The lowest BCUT2D eigenvalue weighted by Crippen LogP contribution is -2.53. The fourth-order valence-corrected chi connectivity index (χ4v) is 3.08. The van der Waals surface area contributed by atoms with Gasteiger partial charge in [0, 0.05) is 37.9 Å². The number of carboxylic acid groups (broad SMARTS) is 1. The van der Waals surface area contributed by atoms with Crippen molar-refractivity contribution in [2.24, 2.45) is 5.10 Å². The molecule has 1 fully saturated rings. The number of hydrazone groups is 1. The lowest BCUT2D eigenvalue weighted by atomic mass is 10.1. The Bertz CT molecular complexity index is 451. The predicted octanol–water partition coefficient (Wildman–Crippen LogP) is -0.377. The molecule has 0 aliphatic carbocycles. The first-order chi connectivity index (χ1) is 9.00. The molecule has 1 N–H and O–H groups in total. The Balaban J connectivity index is 2.16. The summed E-state index contributed by atoms with van der Waals surface area (Å²) in [6.45, 7) is 0.400. The van der Waals surface area contributed by atoms with Crippen molar-refractivity contribution in [3.05, 3.63) is 0 Å². The Hall–Kier alpha value is -1.57. The summed E-state index contributed by atoms with van der Waals surface area (Å²) in [5.74, 6) is -0.394. The average molecular weight is 285 g/mol. The summed E-state index contributed by atoms with van der Waals surface area (Å²) in [5, 5.41) is 14.2. The van der Waals surface area contributed by atoms with Gasteiger partial charge >= 0.3 is 5.97 Å². The number of rotatable bonds is 2. The number of amides is 2. The van der Waals surface area contributed by atoms with Gasteiger partial charge < -0.3 is 10.0 Å². The van der Waals surface area contributed by atoms with Gasteiger partial charge in [-0.15, -0.1) is 0 Å². The molecule has 104 valence electrons. The second kappa shape index (κ2) is 5.60. The van der Waals surface area contributed by atoms with Gasteiger partial charge in [-0.25, -0.2) is 9.80 Å². The van der Waals surface area contributed by atoms with Gasteiger partial charge in [-0.05, 0) is 0 Å². The van der Waals surface area contributed by atoms with E-state index in [9.17, 15) is 14.4 Å². The second-order valence-electron chi connectivity index (χ2n) is 4.39. The van der Waals surface area contributed by atoms with Crippen LogP contribution in [-0.4, -0.2) is 69.7 Å². The van der Waals surface area contributed by atoms with Crippen molar-refractivity contribution in [3.63, 3.8) is 0 Å². The normalized spacial score (nSPS) is 24.2. The van der Waals surface area contributed by atoms with E-state index >= 15 is 0 Å². The monoisotopic (exact) mass is 285 g/mol. The largest absolute Gasteiger partial charge is 0.480 e. The summed E-state index contributed by atoms with van der Waals surface area (Å²) >= 11 is 1.52. The maximum Gasteiger partial charge on any atom is 0.327 e. The number of hydrogen-bond donors (Lipinski definition) is 1. The Morgan fingerprint density at radius 1 is 1.42 bits per heavy atom. The van der Waals surface area contributed by atoms with Gasteiger partial charge in [0.2, 0.25) is 5.91 Å². The number of carboxylic acids is 1. The molecule has 2 amide bonds. The smallest absolute Gasteiger partial charge is 0.327 e. The lowest BCUT2D eigenvalue weighted by molar-refractivity contribution is -0.147. The van der Waals surface area contributed by atoms with Crippen LogP contribution < -0.4 is 0 Å². The number of thioether (sulfide) groups is 1. The third-order valence-corrected chi connectivity index (χ3v) is 4.15. The lowest BCUT2D eigenvalue weighted by Gasteiger charge is -2.33. The molecule has 1 saturated heterocycles. The molecule has 2 heterocycles. The van der Waals surface area contributed by atoms with E-state index in [0.717, 1.165) is 10.8 Å². The first kappa shape index (κ1) is 13.9. The summed E-state index contributed by atoms with van der Waals surface area (Å²) < 4.78 is 0. The topological polar surface area (TPSA) is 90.3 Å². The maximum atomic E-state index is 12.3. The van der Waals surface area contributed by atoms with E-state index in [2.05, 4.69) is 5.10 Å². The molecule has 1 unspecified atom stereocenters. The van der Waals surface area contributed by atoms with Crippen molar-refractivity contribution in [3.8, 4) is 0 Å². The van der Waals surface area contributed by atoms with Crippen molar-refractivity contribution in [2.75, 3.05) is 25.1 Å². The molecule has 0 aromatic heterocycles. The summed E-state index contributed by atoms with van der Waals surface area (Å²) in [4.78, 5) is 36.1. The molecule has 7 nitrogen and oxygen atoms in total. The number of aliphatic carboxylic acids is 1. The highest BCUT2D eigenvalue weighted by Crippen LogP contribution is 2.19. The molecule has 0 bridgehead atoms. The highest BCUT2D eigenvalue weighted by molar-refractivity contribution is 7.99. The zero-order valence-corrected chi connectivity index (χ0v) is 11.4. The SMILES string of the molecule is CN1N=C(C(=O)N2CCSCC2C(=O)O)CCC1=O. The Morgan fingerprint density at radius 3 is 2.79 bits per heavy atom. The average Bonchev–Trinajstić information content (AvgIpc) is 2.41. The maximum absolute atomic E-state index is 12.3. The van der Waals surface area contributed by atoms with Gasteiger partial charge in [0.25, 0.3) is 5.91 Å². The molecule has 2 aliphatic heterocycles. The number of carbonyl (C=O) groups excluding carboxylic acids is 2. The fraction of sp³-hybridized carbons (Fsp3) is 0.636. The minimum atomic E-state index is -0.999. The van der Waals surface area contributed by atoms with Gasteiger partial charge in [0.1, 0.15) is 11.8 Å². The molecule has 0 radical (unpaired) electrons. The zero-order chi connectivity index (χ0) is 14.0. The minimum absolute atomic E-state index is 0.138. The molecule has 0 aromatic carbocycles. The highest BCUT2D eigenvalue weighted by atomic mass is 32.2. The molecular formula is C11H15N3O4S. The molecule has 8 heteroatoms. The van der Waals surface area contributed by atoms with Gasteiger partial charge in [0.15, 0.2) is 0 Å².